The number of benzene rings is 1. The van der Waals surface area contributed by atoms with Crippen LogP contribution in [0.4, 0.5) is 13.6 Å². The fourth-order valence-corrected chi connectivity index (χ4v) is 2.50. The van der Waals surface area contributed by atoms with E-state index in [1.165, 1.54) is 6.07 Å². The maximum absolute atomic E-state index is 13.5. The van der Waals surface area contributed by atoms with E-state index in [2.05, 4.69) is 0 Å². The molecule has 0 aromatic heterocycles. The molecule has 0 spiro atoms. The summed E-state index contributed by atoms with van der Waals surface area (Å²) in [4.78, 5) is 12.6. The lowest BCUT2D eigenvalue weighted by Crippen LogP contribution is -2.37. The van der Waals surface area contributed by atoms with E-state index in [0.717, 1.165) is 6.07 Å². The molecule has 18 heavy (non-hydrogen) atoms. The van der Waals surface area contributed by atoms with Crippen LogP contribution in [0.2, 0.25) is 0 Å². The van der Waals surface area contributed by atoms with Crippen molar-refractivity contribution in [3.63, 3.8) is 0 Å². The molecule has 0 saturated carbocycles. The largest absolute Gasteiger partial charge is 0.353 e. The van der Waals surface area contributed by atoms with Crippen LogP contribution in [0.25, 0.3) is 0 Å². The number of carbonyl (C=O) groups is 1. The van der Waals surface area contributed by atoms with Crippen molar-refractivity contribution in [2.24, 2.45) is 0 Å². The minimum absolute atomic E-state index is 0.0887. The summed E-state index contributed by atoms with van der Waals surface area (Å²) in [7, 11) is 5.20. The van der Waals surface area contributed by atoms with Crippen LogP contribution in [0.3, 0.4) is 0 Å². The van der Waals surface area contributed by atoms with Gasteiger partial charge in [-0.1, -0.05) is 0 Å². The van der Waals surface area contributed by atoms with E-state index in [1.807, 2.05) is 0 Å². The molecule has 1 amide bonds. The van der Waals surface area contributed by atoms with E-state index in [-0.39, 0.29) is 5.92 Å². The molecule has 0 atom stereocenters. The molecule has 1 fully saturated rings. The summed E-state index contributed by atoms with van der Waals surface area (Å²) < 4.78 is 26.7. The second-order valence-corrected chi connectivity index (χ2v) is 4.70. The van der Waals surface area contributed by atoms with Crippen LogP contribution in [0.15, 0.2) is 12.1 Å². The van der Waals surface area contributed by atoms with Gasteiger partial charge in [0.2, 0.25) is 7.85 Å². The predicted octanol–water partition coefficient (Wildman–Crippen LogP) is 2.74. The van der Waals surface area contributed by atoms with Crippen LogP contribution in [0.1, 0.15) is 29.9 Å². The van der Waals surface area contributed by atoms with Crippen LogP contribution in [-0.2, 0) is 0 Å². The Hall–Kier alpha value is -1.39. The van der Waals surface area contributed by atoms with Crippen molar-refractivity contribution >= 4 is 13.7 Å². The number of nitrogens with zero attached hydrogens (tertiary/aromatic N) is 1. The highest BCUT2D eigenvalue weighted by Gasteiger charge is 2.24. The van der Waals surface area contributed by atoms with Crippen molar-refractivity contribution in [3.05, 3.63) is 34.9 Å². The second kappa shape index (κ2) is 5.08. The minimum atomic E-state index is -0.551. The van der Waals surface area contributed by atoms with E-state index in [0.29, 0.717) is 37.1 Å². The maximum atomic E-state index is 13.5. The Balaban J connectivity index is 2.17. The first-order chi connectivity index (χ1) is 8.49. The zero-order valence-electron chi connectivity index (χ0n) is 10.2. The van der Waals surface area contributed by atoms with Gasteiger partial charge in [-0.3, -0.25) is 4.79 Å². The molecule has 1 aromatic rings. The van der Waals surface area contributed by atoms with Crippen molar-refractivity contribution in [2.75, 3.05) is 13.1 Å². The van der Waals surface area contributed by atoms with Crippen molar-refractivity contribution in [1.29, 1.82) is 0 Å². The zero-order chi connectivity index (χ0) is 13.3. The molecule has 0 N–H and O–H groups in total. The smallest absolute Gasteiger partial charge is 0.200 e. The molecule has 1 saturated heterocycles. The lowest BCUT2D eigenvalue weighted by molar-refractivity contribution is 0.204. The minimum Gasteiger partial charge on any atom is -0.353 e. The van der Waals surface area contributed by atoms with Gasteiger partial charge in [0.15, 0.2) is 5.81 Å². The maximum Gasteiger partial charge on any atom is 0.200 e. The van der Waals surface area contributed by atoms with E-state index >= 15 is 0 Å². The summed E-state index contributed by atoms with van der Waals surface area (Å²) in [5, 5.41) is 0. The third-order valence-electron chi connectivity index (χ3n) is 3.60. The molecule has 5 heteroatoms. The third-order valence-corrected chi connectivity index (χ3v) is 3.60. The average Bonchev–Trinajstić information content (AvgIpc) is 2.34. The standard InChI is InChI=1S/C13H14BF2NO/c1-8-11(6-10(15)7-12(8)16)9-2-4-17(5-3-9)13(14)18/h6-7,9H,2-5H2,1H3. The van der Waals surface area contributed by atoms with Crippen LogP contribution in [-0.4, -0.2) is 31.6 Å². The highest BCUT2D eigenvalue weighted by molar-refractivity contribution is 6.56. The van der Waals surface area contributed by atoms with Crippen molar-refractivity contribution in [1.82, 2.24) is 4.90 Å². The molecule has 1 aliphatic rings. The van der Waals surface area contributed by atoms with Gasteiger partial charge in [-0.05, 0) is 42.9 Å². The first-order valence-electron chi connectivity index (χ1n) is 5.99. The fourth-order valence-electron chi connectivity index (χ4n) is 2.50. The van der Waals surface area contributed by atoms with Crippen molar-refractivity contribution in [3.8, 4) is 0 Å². The van der Waals surface area contributed by atoms with Crippen molar-refractivity contribution in [2.45, 2.75) is 25.7 Å². The molecule has 2 rings (SSSR count). The van der Waals surface area contributed by atoms with Gasteiger partial charge in [-0.25, -0.2) is 8.78 Å². The summed E-state index contributed by atoms with van der Waals surface area (Å²) in [6.07, 6.45) is 1.37. The predicted molar refractivity (Wildman–Crippen MR) is 65.8 cm³/mol. The van der Waals surface area contributed by atoms with Crippen LogP contribution >= 0.6 is 0 Å². The number of carbonyl (C=O) groups excluding carboxylic acids is 1. The molecule has 94 valence electrons. The SMILES string of the molecule is [B]C(=O)N1CCC(c2cc(F)cc(F)c2C)CC1. The topological polar surface area (TPSA) is 20.3 Å². The van der Waals surface area contributed by atoms with Gasteiger partial charge in [0.05, 0.1) is 0 Å². The summed E-state index contributed by atoms with van der Waals surface area (Å²) in [5.74, 6) is -1.41. The number of amides is 1. The van der Waals surface area contributed by atoms with Gasteiger partial charge in [-0.2, -0.15) is 0 Å². The van der Waals surface area contributed by atoms with Crippen LogP contribution in [0.5, 0.6) is 0 Å². The quantitative estimate of drug-likeness (QED) is 0.701. The monoisotopic (exact) mass is 249 g/mol. The molecule has 0 bridgehead atoms. The highest BCUT2D eigenvalue weighted by atomic mass is 19.1. The Kier molecular flexibility index (Phi) is 3.69. The van der Waals surface area contributed by atoms with E-state index in [1.54, 1.807) is 11.8 Å². The molecule has 2 radical (unpaired) electrons. The first-order valence-corrected chi connectivity index (χ1v) is 5.99. The summed E-state index contributed by atoms with van der Waals surface area (Å²) in [5.41, 5.74) is 1.20. The Morgan fingerprint density at radius 3 is 2.50 bits per heavy atom. The Labute approximate surface area is 106 Å². The fraction of sp³-hybridized carbons (Fsp3) is 0.462. The molecule has 1 aromatic carbocycles. The highest BCUT2D eigenvalue weighted by Crippen LogP contribution is 2.31. The number of halogens is 2. The normalized spacial score (nSPS) is 16.9. The van der Waals surface area contributed by atoms with Crippen LogP contribution in [0, 0.1) is 18.6 Å². The number of likely N-dealkylation sites (tertiary alicyclic amines) is 1. The average molecular weight is 249 g/mol. The van der Waals surface area contributed by atoms with E-state index in [4.69, 9.17) is 7.85 Å². The number of hydrogen-bond acceptors (Lipinski definition) is 1. The number of piperidine rings is 1. The van der Waals surface area contributed by atoms with Crippen molar-refractivity contribution < 1.29 is 13.6 Å². The number of rotatable bonds is 1. The lowest BCUT2D eigenvalue weighted by Gasteiger charge is -2.32. The Bertz CT molecular complexity index is 470. The molecule has 1 aliphatic heterocycles. The second-order valence-electron chi connectivity index (χ2n) is 4.70. The molecular weight excluding hydrogens is 235 g/mol. The van der Waals surface area contributed by atoms with Gasteiger partial charge in [0.1, 0.15) is 11.6 Å². The first kappa shape index (κ1) is 13.1. The Morgan fingerprint density at radius 1 is 1.33 bits per heavy atom. The Morgan fingerprint density at radius 2 is 1.94 bits per heavy atom. The molecule has 1 heterocycles. The van der Waals surface area contributed by atoms with Gasteiger partial charge in [-0.15, -0.1) is 0 Å². The third kappa shape index (κ3) is 2.55. The van der Waals surface area contributed by atoms with Gasteiger partial charge < -0.3 is 4.90 Å². The van der Waals surface area contributed by atoms with E-state index in [9.17, 15) is 13.6 Å². The molecule has 0 unspecified atom stereocenters. The van der Waals surface area contributed by atoms with E-state index < -0.39 is 17.4 Å². The van der Waals surface area contributed by atoms with Crippen LogP contribution < -0.4 is 0 Å². The molecule has 2 nitrogen and oxygen atoms in total. The zero-order valence-corrected chi connectivity index (χ0v) is 10.2. The summed E-state index contributed by atoms with van der Waals surface area (Å²) in [6.45, 7) is 2.74. The molecular formula is C13H14BF2NO. The number of hydrogen-bond donors (Lipinski definition) is 0. The van der Waals surface area contributed by atoms with Gasteiger partial charge in [0.25, 0.3) is 0 Å². The molecule has 0 aliphatic carbocycles. The van der Waals surface area contributed by atoms with Gasteiger partial charge in [0, 0.05) is 19.2 Å². The van der Waals surface area contributed by atoms with Gasteiger partial charge >= 0.3 is 0 Å². The summed E-state index contributed by atoms with van der Waals surface area (Å²) in [6, 6.07) is 2.29. The summed E-state index contributed by atoms with van der Waals surface area (Å²) >= 11 is 0. The lowest BCUT2D eigenvalue weighted by atomic mass is 9.86.